The standard InChI is InChI=1S/C26H33F3N4O2/c1-16-9-21(34-2)3-4-22(16)24-12-23(26(27,28)29)25(32-31-24)30-20-10-18-14-33(15-19(18)11-20)13-17-5-7-35-8-6-17/h3-4,9,12,17-20H,5-8,10-11,13-15H2,1-2H3,(H,30,32). The third-order valence-electron chi connectivity index (χ3n) is 7.83. The third-order valence-corrected chi connectivity index (χ3v) is 7.83. The average molecular weight is 491 g/mol. The number of benzene rings is 1. The van der Waals surface area contributed by atoms with Gasteiger partial charge in [-0.25, -0.2) is 0 Å². The fraction of sp³-hybridized carbons (Fsp3) is 0.615. The number of hydrogen-bond acceptors (Lipinski definition) is 6. The highest BCUT2D eigenvalue weighted by Gasteiger charge is 2.43. The number of methoxy groups -OCH3 is 1. The zero-order chi connectivity index (χ0) is 24.6. The van der Waals surface area contributed by atoms with Crippen molar-refractivity contribution in [2.75, 3.05) is 45.3 Å². The number of likely N-dealkylation sites (tertiary alicyclic amines) is 1. The number of halogens is 3. The molecule has 1 N–H and O–H groups in total. The van der Waals surface area contributed by atoms with E-state index in [9.17, 15) is 13.2 Å². The van der Waals surface area contributed by atoms with Gasteiger partial charge in [-0.3, -0.25) is 0 Å². The van der Waals surface area contributed by atoms with Crippen LogP contribution in [0.2, 0.25) is 0 Å². The predicted molar refractivity (Wildman–Crippen MR) is 127 cm³/mol. The van der Waals surface area contributed by atoms with Crippen molar-refractivity contribution in [2.24, 2.45) is 17.8 Å². The molecule has 2 aromatic rings. The Morgan fingerprint density at radius 1 is 1.09 bits per heavy atom. The molecule has 0 radical (unpaired) electrons. The number of aromatic nitrogens is 2. The van der Waals surface area contributed by atoms with Gasteiger partial charge in [0.1, 0.15) is 11.3 Å². The first-order valence-electron chi connectivity index (χ1n) is 12.5. The fourth-order valence-corrected chi connectivity index (χ4v) is 6.05. The zero-order valence-corrected chi connectivity index (χ0v) is 20.3. The smallest absolute Gasteiger partial charge is 0.420 e. The molecule has 1 aliphatic carbocycles. The van der Waals surface area contributed by atoms with Crippen LogP contribution in [-0.4, -0.2) is 61.1 Å². The highest BCUT2D eigenvalue weighted by Crippen LogP contribution is 2.42. The van der Waals surface area contributed by atoms with Gasteiger partial charge in [-0.15, -0.1) is 10.2 Å². The van der Waals surface area contributed by atoms with E-state index in [2.05, 4.69) is 20.4 Å². The van der Waals surface area contributed by atoms with Crippen molar-refractivity contribution in [3.05, 3.63) is 35.4 Å². The van der Waals surface area contributed by atoms with E-state index < -0.39 is 11.7 Å². The molecule has 5 rings (SSSR count). The zero-order valence-electron chi connectivity index (χ0n) is 20.3. The summed E-state index contributed by atoms with van der Waals surface area (Å²) in [6.45, 7) is 6.72. The second-order valence-corrected chi connectivity index (χ2v) is 10.3. The molecule has 1 saturated carbocycles. The van der Waals surface area contributed by atoms with Crippen LogP contribution < -0.4 is 10.1 Å². The van der Waals surface area contributed by atoms with Crippen molar-refractivity contribution in [3.63, 3.8) is 0 Å². The van der Waals surface area contributed by atoms with Gasteiger partial charge in [0.05, 0.1) is 12.8 Å². The molecule has 0 amide bonds. The topological polar surface area (TPSA) is 59.5 Å². The van der Waals surface area contributed by atoms with Crippen LogP contribution in [0.4, 0.5) is 19.0 Å². The van der Waals surface area contributed by atoms with Crippen molar-refractivity contribution in [1.82, 2.24) is 15.1 Å². The van der Waals surface area contributed by atoms with Crippen molar-refractivity contribution < 1.29 is 22.6 Å². The third kappa shape index (κ3) is 5.40. The molecular formula is C26H33F3N4O2. The molecule has 1 aromatic heterocycles. The van der Waals surface area contributed by atoms with Gasteiger partial charge in [-0.1, -0.05) is 0 Å². The van der Waals surface area contributed by atoms with Gasteiger partial charge in [-0.2, -0.15) is 13.2 Å². The van der Waals surface area contributed by atoms with E-state index in [0.29, 0.717) is 29.1 Å². The lowest BCUT2D eigenvalue weighted by Crippen LogP contribution is -2.32. The molecular weight excluding hydrogens is 457 g/mol. The first-order valence-corrected chi connectivity index (χ1v) is 12.5. The van der Waals surface area contributed by atoms with Gasteiger partial charge in [0, 0.05) is 44.5 Å². The van der Waals surface area contributed by atoms with Crippen LogP contribution in [0.3, 0.4) is 0 Å². The molecule has 35 heavy (non-hydrogen) atoms. The fourth-order valence-electron chi connectivity index (χ4n) is 6.05. The van der Waals surface area contributed by atoms with Gasteiger partial charge in [0.15, 0.2) is 5.82 Å². The van der Waals surface area contributed by atoms with Crippen LogP contribution in [-0.2, 0) is 10.9 Å². The van der Waals surface area contributed by atoms with Gasteiger partial charge in [0.2, 0.25) is 0 Å². The van der Waals surface area contributed by atoms with Crippen LogP contribution in [0.25, 0.3) is 11.3 Å². The van der Waals surface area contributed by atoms with E-state index in [1.165, 1.54) is 0 Å². The summed E-state index contributed by atoms with van der Waals surface area (Å²) in [5.74, 6) is 2.23. The van der Waals surface area contributed by atoms with Gasteiger partial charge < -0.3 is 19.7 Å². The maximum atomic E-state index is 14.0. The molecule has 2 atom stereocenters. The van der Waals surface area contributed by atoms with Crippen molar-refractivity contribution in [2.45, 2.75) is 44.8 Å². The highest BCUT2D eigenvalue weighted by atomic mass is 19.4. The number of alkyl halides is 3. The molecule has 2 unspecified atom stereocenters. The summed E-state index contributed by atoms with van der Waals surface area (Å²) in [7, 11) is 1.55. The molecule has 2 saturated heterocycles. The SMILES string of the molecule is COc1ccc(-c2cc(C(F)(F)F)c(NC3CC4CN(CC5CCOCC5)CC4C3)nn2)c(C)c1. The minimum atomic E-state index is -4.53. The van der Waals surface area contributed by atoms with E-state index in [4.69, 9.17) is 9.47 Å². The van der Waals surface area contributed by atoms with E-state index in [1.807, 2.05) is 6.92 Å². The molecule has 3 fully saturated rings. The van der Waals surface area contributed by atoms with Crippen LogP contribution >= 0.6 is 0 Å². The van der Waals surface area contributed by atoms with E-state index in [0.717, 1.165) is 70.2 Å². The Bertz CT molecular complexity index is 1030. The Morgan fingerprint density at radius 2 is 1.80 bits per heavy atom. The molecule has 9 heteroatoms. The van der Waals surface area contributed by atoms with Gasteiger partial charge in [-0.05, 0) is 80.2 Å². The van der Waals surface area contributed by atoms with Crippen LogP contribution in [0.1, 0.15) is 36.8 Å². The Balaban J connectivity index is 1.26. The average Bonchev–Trinajstić information content (AvgIpc) is 3.37. The minimum Gasteiger partial charge on any atom is -0.497 e. The molecule has 0 bridgehead atoms. The largest absolute Gasteiger partial charge is 0.497 e. The Kier molecular flexibility index (Phi) is 6.90. The summed E-state index contributed by atoms with van der Waals surface area (Å²) in [6.07, 6.45) is -0.537. The molecule has 3 aliphatic rings. The summed E-state index contributed by atoms with van der Waals surface area (Å²) in [5.41, 5.74) is 0.822. The van der Waals surface area contributed by atoms with E-state index in [1.54, 1.807) is 25.3 Å². The first-order chi connectivity index (χ1) is 16.8. The highest BCUT2D eigenvalue weighted by molar-refractivity contribution is 5.66. The summed E-state index contributed by atoms with van der Waals surface area (Å²) in [4.78, 5) is 2.55. The summed E-state index contributed by atoms with van der Waals surface area (Å²) in [6, 6.07) is 6.30. The van der Waals surface area contributed by atoms with Crippen molar-refractivity contribution in [1.29, 1.82) is 0 Å². The normalized spacial score (nSPS) is 25.6. The number of nitrogens with one attached hydrogen (secondary N) is 1. The monoisotopic (exact) mass is 490 g/mol. The van der Waals surface area contributed by atoms with Crippen molar-refractivity contribution >= 4 is 5.82 Å². The maximum absolute atomic E-state index is 14.0. The van der Waals surface area contributed by atoms with Gasteiger partial charge >= 0.3 is 6.18 Å². The number of nitrogens with zero attached hydrogens (tertiary/aromatic N) is 3. The number of aryl methyl sites for hydroxylation is 1. The quantitative estimate of drug-likeness (QED) is 0.613. The van der Waals surface area contributed by atoms with Crippen LogP contribution in [0.15, 0.2) is 24.3 Å². The summed E-state index contributed by atoms with van der Waals surface area (Å²) < 4.78 is 52.7. The Hall–Kier alpha value is -2.39. The lowest BCUT2D eigenvalue weighted by molar-refractivity contribution is -0.137. The first kappa shape index (κ1) is 24.3. The Labute approximate surface area is 204 Å². The second kappa shape index (κ2) is 9.93. The predicted octanol–water partition coefficient (Wildman–Crippen LogP) is 5.03. The van der Waals surface area contributed by atoms with Crippen molar-refractivity contribution in [3.8, 4) is 17.0 Å². The number of fused-ring (bicyclic) bond motifs is 1. The molecule has 3 heterocycles. The van der Waals surface area contributed by atoms with E-state index in [-0.39, 0.29) is 17.6 Å². The molecule has 1 aromatic carbocycles. The lowest BCUT2D eigenvalue weighted by Gasteiger charge is -2.28. The van der Waals surface area contributed by atoms with E-state index >= 15 is 0 Å². The minimum absolute atomic E-state index is 0.0146. The summed E-state index contributed by atoms with van der Waals surface area (Å²) >= 11 is 0. The number of rotatable bonds is 6. The number of ether oxygens (including phenoxy) is 2. The summed E-state index contributed by atoms with van der Waals surface area (Å²) in [5, 5.41) is 11.3. The van der Waals surface area contributed by atoms with Gasteiger partial charge in [0.25, 0.3) is 0 Å². The molecule has 2 aliphatic heterocycles. The van der Waals surface area contributed by atoms with Crippen LogP contribution in [0.5, 0.6) is 5.75 Å². The molecule has 6 nitrogen and oxygen atoms in total. The molecule has 190 valence electrons. The number of hydrogen-bond donors (Lipinski definition) is 1. The Morgan fingerprint density at radius 3 is 2.43 bits per heavy atom. The second-order valence-electron chi connectivity index (χ2n) is 10.3. The maximum Gasteiger partial charge on any atom is 0.420 e. The number of anilines is 1. The van der Waals surface area contributed by atoms with Crippen LogP contribution in [0, 0.1) is 24.7 Å². The molecule has 0 spiro atoms. The lowest BCUT2D eigenvalue weighted by atomic mass is 10.00.